The van der Waals surface area contributed by atoms with Gasteiger partial charge in [0.15, 0.2) is 0 Å². The highest BCUT2D eigenvalue weighted by atomic mass is 16.6. The summed E-state index contributed by atoms with van der Waals surface area (Å²) in [4.78, 5) is 23.7. The minimum atomic E-state index is -1.16. The Balaban J connectivity index is 2.82. The number of carboxylic acid groups (broad SMARTS) is 1. The van der Waals surface area contributed by atoms with Crippen LogP contribution in [0, 0.1) is 0 Å². The van der Waals surface area contributed by atoms with Crippen molar-refractivity contribution in [2.24, 2.45) is 5.73 Å². The van der Waals surface area contributed by atoms with Gasteiger partial charge in [-0.3, -0.25) is 4.90 Å². The third-order valence-corrected chi connectivity index (χ3v) is 1.99. The molecule has 0 aliphatic carbocycles. The van der Waals surface area contributed by atoms with Crippen molar-refractivity contribution in [2.45, 2.75) is 32.5 Å². The Bertz CT molecular complexity index is 393. The summed E-state index contributed by atoms with van der Waals surface area (Å²) in [6.45, 7) is 5.16. The lowest BCUT2D eigenvalue weighted by Crippen LogP contribution is -2.48. The Morgan fingerprint density at radius 3 is 2.53 bits per heavy atom. The standard InChI is InChI=1S/C11H16N2O4/c1-11(2,3)17-10(16)13-6-4-5-7(8(13)12)9(14)15/h4-6,8H,12H2,1-3H3,(H,14,15). The number of carbonyl (C=O) groups is 2. The van der Waals surface area contributed by atoms with Crippen LogP contribution in [0.4, 0.5) is 4.79 Å². The molecule has 1 aliphatic heterocycles. The van der Waals surface area contributed by atoms with Gasteiger partial charge in [0.25, 0.3) is 0 Å². The van der Waals surface area contributed by atoms with Crippen molar-refractivity contribution in [3.05, 3.63) is 23.9 Å². The van der Waals surface area contributed by atoms with E-state index in [0.717, 1.165) is 4.90 Å². The fourth-order valence-electron chi connectivity index (χ4n) is 1.27. The monoisotopic (exact) mass is 240 g/mol. The van der Waals surface area contributed by atoms with Gasteiger partial charge in [0.1, 0.15) is 11.8 Å². The molecule has 3 N–H and O–H groups in total. The van der Waals surface area contributed by atoms with E-state index < -0.39 is 23.8 Å². The minimum Gasteiger partial charge on any atom is -0.478 e. The third-order valence-electron chi connectivity index (χ3n) is 1.99. The lowest BCUT2D eigenvalue weighted by Gasteiger charge is -2.30. The number of hydrogen-bond acceptors (Lipinski definition) is 4. The summed E-state index contributed by atoms with van der Waals surface area (Å²) in [6, 6.07) is 0. The number of nitrogens with zero attached hydrogens (tertiary/aromatic N) is 1. The first-order valence-electron chi connectivity index (χ1n) is 5.11. The lowest BCUT2D eigenvalue weighted by atomic mass is 10.1. The first-order valence-corrected chi connectivity index (χ1v) is 5.11. The molecule has 0 aromatic carbocycles. The molecule has 0 aromatic heterocycles. The fourth-order valence-corrected chi connectivity index (χ4v) is 1.27. The summed E-state index contributed by atoms with van der Waals surface area (Å²) in [5.41, 5.74) is 4.95. The van der Waals surface area contributed by atoms with Gasteiger partial charge in [0, 0.05) is 6.20 Å². The SMILES string of the molecule is CC(C)(C)OC(=O)N1C=CC=C(C(=O)O)C1N. The van der Waals surface area contributed by atoms with E-state index in [9.17, 15) is 9.59 Å². The number of ether oxygens (including phenoxy) is 1. The summed E-state index contributed by atoms with van der Waals surface area (Å²) in [7, 11) is 0. The van der Waals surface area contributed by atoms with E-state index in [-0.39, 0.29) is 5.57 Å². The molecule has 1 atom stereocenters. The Morgan fingerprint density at radius 1 is 1.47 bits per heavy atom. The van der Waals surface area contributed by atoms with Crippen molar-refractivity contribution >= 4 is 12.1 Å². The molecule has 6 heteroatoms. The summed E-state index contributed by atoms with van der Waals surface area (Å²) < 4.78 is 5.11. The number of nitrogens with two attached hydrogens (primary N) is 1. The molecule has 94 valence electrons. The van der Waals surface area contributed by atoms with Gasteiger partial charge >= 0.3 is 12.1 Å². The number of amides is 1. The van der Waals surface area contributed by atoms with Gasteiger partial charge < -0.3 is 15.6 Å². The zero-order chi connectivity index (χ0) is 13.2. The van der Waals surface area contributed by atoms with Crippen LogP contribution in [0.5, 0.6) is 0 Å². The molecule has 17 heavy (non-hydrogen) atoms. The molecule has 0 radical (unpaired) electrons. The molecule has 1 heterocycles. The Morgan fingerprint density at radius 2 is 2.06 bits per heavy atom. The van der Waals surface area contributed by atoms with Crippen molar-refractivity contribution in [1.82, 2.24) is 4.90 Å². The number of aliphatic carboxylic acids is 1. The van der Waals surface area contributed by atoms with E-state index in [4.69, 9.17) is 15.6 Å². The molecule has 0 saturated carbocycles. The topological polar surface area (TPSA) is 92.9 Å². The van der Waals surface area contributed by atoms with Gasteiger partial charge in [-0.05, 0) is 32.9 Å². The first kappa shape index (κ1) is 13.2. The molecule has 0 saturated heterocycles. The summed E-state index contributed by atoms with van der Waals surface area (Å²) in [5.74, 6) is -1.16. The molecular formula is C11H16N2O4. The number of rotatable bonds is 1. The van der Waals surface area contributed by atoms with Gasteiger partial charge in [-0.2, -0.15) is 0 Å². The molecule has 0 aromatic rings. The molecule has 0 spiro atoms. The summed E-state index contributed by atoms with van der Waals surface area (Å²) >= 11 is 0. The molecule has 1 amide bonds. The third kappa shape index (κ3) is 3.32. The lowest BCUT2D eigenvalue weighted by molar-refractivity contribution is -0.133. The second kappa shape index (κ2) is 4.58. The molecule has 1 aliphatic rings. The average molecular weight is 240 g/mol. The molecule has 0 bridgehead atoms. The predicted octanol–water partition coefficient (Wildman–Crippen LogP) is 1.05. The van der Waals surface area contributed by atoms with Gasteiger partial charge in [-0.25, -0.2) is 9.59 Å². The van der Waals surface area contributed by atoms with Crippen LogP contribution in [-0.2, 0) is 9.53 Å². The Kier molecular flexibility index (Phi) is 3.57. The number of hydrogen-bond donors (Lipinski definition) is 2. The second-order valence-corrected chi connectivity index (χ2v) is 4.60. The van der Waals surface area contributed by atoms with E-state index in [1.165, 1.54) is 18.4 Å². The molecule has 1 rings (SSSR count). The molecular weight excluding hydrogens is 224 g/mol. The van der Waals surface area contributed by atoms with E-state index in [0.29, 0.717) is 0 Å². The summed E-state index contributed by atoms with van der Waals surface area (Å²) in [5, 5.41) is 8.88. The van der Waals surface area contributed by atoms with Crippen LogP contribution in [0.3, 0.4) is 0 Å². The highest BCUT2D eigenvalue weighted by Crippen LogP contribution is 2.17. The zero-order valence-corrected chi connectivity index (χ0v) is 10.0. The quantitative estimate of drug-likeness (QED) is 0.714. The number of carbonyl (C=O) groups excluding carboxylic acids is 1. The Labute approximate surface area is 99.3 Å². The van der Waals surface area contributed by atoms with Gasteiger partial charge in [0.05, 0.1) is 5.57 Å². The Hall–Kier alpha value is -1.82. The smallest absolute Gasteiger partial charge is 0.415 e. The van der Waals surface area contributed by atoms with Crippen molar-refractivity contribution in [3.8, 4) is 0 Å². The maximum atomic E-state index is 11.7. The van der Waals surface area contributed by atoms with Crippen LogP contribution in [0.15, 0.2) is 23.9 Å². The average Bonchev–Trinajstić information content (AvgIpc) is 2.14. The first-order chi connectivity index (χ1) is 7.72. The zero-order valence-electron chi connectivity index (χ0n) is 10.0. The van der Waals surface area contributed by atoms with Crippen LogP contribution in [0.25, 0.3) is 0 Å². The van der Waals surface area contributed by atoms with E-state index in [1.54, 1.807) is 20.8 Å². The van der Waals surface area contributed by atoms with Crippen LogP contribution < -0.4 is 5.73 Å². The van der Waals surface area contributed by atoms with Crippen LogP contribution in [-0.4, -0.2) is 33.8 Å². The predicted molar refractivity (Wildman–Crippen MR) is 60.9 cm³/mol. The van der Waals surface area contributed by atoms with Crippen molar-refractivity contribution in [1.29, 1.82) is 0 Å². The van der Waals surface area contributed by atoms with E-state index in [1.807, 2.05) is 0 Å². The van der Waals surface area contributed by atoms with Gasteiger partial charge in [-0.1, -0.05) is 0 Å². The number of allylic oxidation sites excluding steroid dienone is 2. The van der Waals surface area contributed by atoms with Gasteiger partial charge in [0.2, 0.25) is 0 Å². The second-order valence-electron chi connectivity index (χ2n) is 4.60. The normalized spacial score (nSPS) is 19.9. The highest BCUT2D eigenvalue weighted by molar-refractivity contribution is 5.89. The van der Waals surface area contributed by atoms with Crippen LogP contribution in [0.1, 0.15) is 20.8 Å². The van der Waals surface area contributed by atoms with Crippen LogP contribution >= 0.6 is 0 Å². The maximum Gasteiger partial charge on any atom is 0.415 e. The maximum absolute atomic E-state index is 11.7. The van der Waals surface area contributed by atoms with Gasteiger partial charge in [-0.15, -0.1) is 0 Å². The van der Waals surface area contributed by atoms with Crippen molar-refractivity contribution < 1.29 is 19.4 Å². The number of carboxylic acids is 1. The van der Waals surface area contributed by atoms with Crippen molar-refractivity contribution in [2.75, 3.05) is 0 Å². The van der Waals surface area contributed by atoms with Crippen LogP contribution in [0.2, 0.25) is 0 Å². The van der Waals surface area contributed by atoms with Crippen molar-refractivity contribution in [3.63, 3.8) is 0 Å². The fraction of sp³-hybridized carbons (Fsp3) is 0.455. The highest BCUT2D eigenvalue weighted by Gasteiger charge is 2.30. The molecule has 6 nitrogen and oxygen atoms in total. The summed E-state index contributed by atoms with van der Waals surface area (Å²) in [6.07, 6.45) is 2.48. The molecule has 1 unspecified atom stereocenters. The largest absolute Gasteiger partial charge is 0.478 e. The molecule has 0 fully saturated rings. The van der Waals surface area contributed by atoms with E-state index in [2.05, 4.69) is 0 Å². The minimum absolute atomic E-state index is 0.0571. The van der Waals surface area contributed by atoms with E-state index >= 15 is 0 Å².